The Labute approximate surface area is 176 Å². The minimum atomic E-state index is -0.875. The van der Waals surface area contributed by atoms with Gasteiger partial charge in [-0.25, -0.2) is 4.79 Å². The van der Waals surface area contributed by atoms with Gasteiger partial charge in [-0.2, -0.15) is 0 Å². The van der Waals surface area contributed by atoms with E-state index in [1.165, 1.54) is 16.3 Å². The van der Waals surface area contributed by atoms with Crippen LogP contribution in [0.3, 0.4) is 0 Å². The molecule has 6 rings (SSSR count). The van der Waals surface area contributed by atoms with E-state index in [0.717, 1.165) is 36.0 Å². The molecule has 3 nitrogen and oxygen atoms in total. The second kappa shape index (κ2) is 6.29. The van der Waals surface area contributed by atoms with Gasteiger partial charge in [-0.05, 0) is 48.1 Å². The zero-order valence-electron chi connectivity index (χ0n) is 17.1. The monoisotopic (exact) mass is 396 g/mol. The molecule has 3 aromatic rings. The number of carbonyl (C=O) groups is 1. The molecule has 0 spiro atoms. The molecule has 0 N–H and O–H groups in total. The van der Waals surface area contributed by atoms with Crippen LogP contribution in [0.1, 0.15) is 37.3 Å². The minimum Gasteiger partial charge on any atom is -0.445 e. The van der Waals surface area contributed by atoms with Gasteiger partial charge in [0.15, 0.2) is 5.60 Å². The SMILES string of the molecule is C=C(C)C(=O)OC1(C2CC3CCC2O3)c2ccccc2-c2cccc3cccc1c23. The molecular weight excluding hydrogens is 372 g/mol. The molecule has 30 heavy (non-hydrogen) atoms. The largest absolute Gasteiger partial charge is 0.445 e. The Balaban J connectivity index is 1.72. The van der Waals surface area contributed by atoms with Gasteiger partial charge in [0.2, 0.25) is 0 Å². The molecule has 3 heteroatoms. The number of ether oxygens (including phenoxy) is 2. The molecule has 4 unspecified atom stereocenters. The summed E-state index contributed by atoms with van der Waals surface area (Å²) in [4.78, 5) is 13.1. The van der Waals surface area contributed by atoms with Crippen LogP contribution in [0.25, 0.3) is 21.9 Å². The van der Waals surface area contributed by atoms with Crippen LogP contribution in [-0.2, 0) is 19.9 Å². The molecule has 1 aliphatic carbocycles. The van der Waals surface area contributed by atoms with Crippen LogP contribution in [0.5, 0.6) is 0 Å². The lowest BCUT2D eigenvalue weighted by Gasteiger charge is -2.45. The summed E-state index contributed by atoms with van der Waals surface area (Å²) in [5.41, 5.74) is 4.02. The van der Waals surface area contributed by atoms with Crippen LogP contribution < -0.4 is 0 Å². The Morgan fingerprint density at radius 2 is 1.73 bits per heavy atom. The van der Waals surface area contributed by atoms with E-state index in [0.29, 0.717) is 5.57 Å². The van der Waals surface area contributed by atoms with E-state index < -0.39 is 5.60 Å². The third-order valence-corrected chi connectivity index (χ3v) is 7.15. The lowest BCUT2D eigenvalue weighted by Crippen LogP contribution is -2.47. The van der Waals surface area contributed by atoms with Crippen molar-refractivity contribution in [1.29, 1.82) is 0 Å². The van der Waals surface area contributed by atoms with Crippen LogP contribution in [0.4, 0.5) is 0 Å². The molecule has 0 aromatic heterocycles. The average Bonchev–Trinajstić information content (AvgIpc) is 3.40. The Bertz CT molecular complexity index is 1200. The zero-order chi connectivity index (χ0) is 20.5. The summed E-state index contributed by atoms with van der Waals surface area (Å²) in [5.74, 6) is -0.261. The predicted molar refractivity (Wildman–Crippen MR) is 117 cm³/mol. The van der Waals surface area contributed by atoms with Crippen LogP contribution in [0.15, 0.2) is 72.8 Å². The summed E-state index contributed by atoms with van der Waals surface area (Å²) in [7, 11) is 0. The van der Waals surface area contributed by atoms with Gasteiger partial charge in [0.1, 0.15) is 0 Å². The molecule has 0 radical (unpaired) electrons. The highest BCUT2D eigenvalue weighted by Gasteiger charge is 2.58. The Morgan fingerprint density at radius 3 is 2.47 bits per heavy atom. The Hall–Kier alpha value is -2.91. The summed E-state index contributed by atoms with van der Waals surface area (Å²) < 4.78 is 12.8. The second-order valence-electron chi connectivity index (χ2n) is 8.88. The van der Waals surface area contributed by atoms with Crippen molar-refractivity contribution in [2.75, 3.05) is 0 Å². The van der Waals surface area contributed by atoms with Crippen molar-refractivity contribution in [1.82, 2.24) is 0 Å². The average molecular weight is 396 g/mol. The fourth-order valence-corrected chi connectivity index (χ4v) is 5.95. The van der Waals surface area contributed by atoms with Crippen molar-refractivity contribution in [2.45, 2.75) is 44.0 Å². The smallest absolute Gasteiger partial charge is 0.334 e. The number of hydrogen-bond acceptors (Lipinski definition) is 3. The van der Waals surface area contributed by atoms with E-state index in [2.05, 4.69) is 61.2 Å². The van der Waals surface area contributed by atoms with Crippen molar-refractivity contribution >= 4 is 16.7 Å². The fraction of sp³-hybridized carbons (Fsp3) is 0.296. The summed E-state index contributed by atoms with van der Waals surface area (Å²) in [6.45, 7) is 5.59. The van der Waals surface area contributed by atoms with E-state index in [1.807, 2.05) is 6.07 Å². The number of esters is 1. The molecule has 2 saturated heterocycles. The minimum absolute atomic E-state index is 0.0830. The Morgan fingerprint density at radius 1 is 1.00 bits per heavy atom. The van der Waals surface area contributed by atoms with Gasteiger partial charge in [-0.3, -0.25) is 0 Å². The van der Waals surface area contributed by atoms with Crippen molar-refractivity contribution in [2.24, 2.45) is 5.92 Å². The van der Waals surface area contributed by atoms with Crippen molar-refractivity contribution in [3.05, 3.63) is 83.9 Å². The number of rotatable bonds is 3. The van der Waals surface area contributed by atoms with E-state index >= 15 is 0 Å². The third kappa shape index (κ3) is 2.27. The molecule has 0 amide bonds. The van der Waals surface area contributed by atoms with Crippen LogP contribution >= 0.6 is 0 Å². The van der Waals surface area contributed by atoms with Crippen LogP contribution in [-0.4, -0.2) is 18.2 Å². The lowest BCUT2D eigenvalue weighted by atomic mass is 9.64. The third-order valence-electron chi connectivity index (χ3n) is 7.15. The summed E-state index contributed by atoms with van der Waals surface area (Å²) in [6, 6.07) is 21.2. The highest BCUT2D eigenvalue weighted by molar-refractivity contribution is 6.03. The molecule has 150 valence electrons. The predicted octanol–water partition coefficient (Wildman–Crippen LogP) is 5.75. The maximum atomic E-state index is 13.1. The van der Waals surface area contributed by atoms with Crippen molar-refractivity contribution in [3.63, 3.8) is 0 Å². The Kier molecular flexibility index (Phi) is 3.76. The molecule has 3 aromatic carbocycles. The molecule has 0 saturated carbocycles. The molecule has 2 heterocycles. The zero-order valence-corrected chi connectivity index (χ0v) is 17.1. The van der Waals surface area contributed by atoms with Gasteiger partial charge < -0.3 is 9.47 Å². The maximum absolute atomic E-state index is 13.1. The first-order valence-corrected chi connectivity index (χ1v) is 10.8. The quantitative estimate of drug-likeness (QED) is 0.418. The van der Waals surface area contributed by atoms with Gasteiger partial charge in [-0.15, -0.1) is 0 Å². The number of hydrogen-bond donors (Lipinski definition) is 0. The molecular formula is C27H24O3. The maximum Gasteiger partial charge on any atom is 0.334 e. The first-order valence-electron chi connectivity index (χ1n) is 10.8. The van der Waals surface area contributed by atoms with Gasteiger partial charge in [0.25, 0.3) is 0 Å². The number of carbonyl (C=O) groups excluding carboxylic acids is 1. The molecule has 2 bridgehead atoms. The summed E-state index contributed by atoms with van der Waals surface area (Å²) >= 11 is 0. The van der Waals surface area contributed by atoms with Gasteiger partial charge in [0.05, 0.1) is 12.2 Å². The number of fused-ring (bicyclic) bond motifs is 4. The van der Waals surface area contributed by atoms with Crippen LogP contribution in [0.2, 0.25) is 0 Å². The topological polar surface area (TPSA) is 35.5 Å². The summed E-state index contributed by atoms with van der Waals surface area (Å²) in [6.07, 6.45) is 3.36. The van der Waals surface area contributed by atoms with E-state index in [-0.39, 0.29) is 24.1 Å². The molecule has 2 aliphatic heterocycles. The second-order valence-corrected chi connectivity index (χ2v) is 8.88. The van der Waals surface area contributed by atoms with E-state index in [1.54, 1.807) is 6.92 Å². The van der Waals surface area contributed by atoms with Gasteiger partial charge in [0, 0.05) is 22.6 Å². The first-order chi connectivity index (χ1) is 14.6. The normalized spacial score (nSPS) is 28.4. The highest BCUT2D eigenvalue weighted by Crippen LogP contribution is 2.58. The summed E-state index contributed by atoms with van der Waals surface area (Å²) in [5, 5.41) is 2.34. The lowest BCUT2D eigenvalue weighted by molar-refractivity contribution is -0.159. The molecule has 4 atom stereocenters. The first kappa shape index (κ1) is 17.9. The van der Waals surface area contributed by atoms with Gasteiger partial charge >= 0.3 is 5.97 Å². The van der Waals surface area contributed by atoms with Crippen LogP contribution in [0, 0.1) is 5.92 Å². The fourth-order valence-electron chi connectivity index (χ4n) is 5.95. The molecule has 2 fully saturated rings. The standard InChI is InChI=1S/C27H24O3/c1-16(2)26(28)30-27(23-15-18-13-14-24(23)29-18)21-11-4-3-9-19(21)20-10-5-7-17-8-6-12-22(27)25(17)20/h3-12,18,23-24H,1,13-15H2,2H3. The van der Waals surface area contributed by atoms with Gasteiger partial charge in [-0.1, -0.05) is 67.2 Å². The highest BCUT2D eigenvalue weighted by atomic mass is 16.6. The van der Waals surface area contributed by atoms with E-state index in [4.69, 9.17) is 9.47 Å². The van der Waals surface area contributed by atoms with Crippen molar-refractivity contribution in [3.8, 4) is 11.1 Å². The molecule has 3 aliphatic rings. The van der Waals surface area contributed by atoms with E-state index in [9.17, 15) is 4.79 Å². The number of benzene rings is 3. The van der Waals surface area contributed by atoms with Crippen molar-refractivity contribution < 1.29 is 14.3 Å².